The lowest BCUT2D eigenvalue weighted by Crippen LogP contribution is -2.48. The molecule has 1 N–H and O–H groups in total. The predicted molar refractivity (Wildman–Crippen MR) is 134 cm³/mol. The van der Waals surface area contributed by atoms with Gasteiger partial charge in [0.05, 0.1) is 24.9 Å². The van der Waals surface area contributed by atoms with Crippen molar-refractivity contribution >= 4 is 39.2 Å². The molecular weight excluding hydrogens is 450 g/mol. The van der Waals surface area contributed by atoms with E-state index in [9.17, 15) is 9.59 Å². The van der Waals surface area contributed by atoms with E-state index >= 15 is 0 Å². The average Bonchev–Trinajstić information content (AvgIpc) is 3.33. The molecule has 8 nitrogen and oxygen atoms in total. The minimum atomic E-state index is -0.287. The first-order valence-corrected chi connectivity index (χ1v) is 12.4. The van der Waals surface area contributed by atoms with Crippen LogP contribution in [0.3, 0.4) is 0 Å². The molecule has 0 bridgehead atoms. The number of thiazole rings is 1. The summed E-state index contributed by atoms with van der Waals surface area (Å²) in [7, 11) is 5.57. The van der Waals surface area contributed by atoms with Gasteiger partial charge in [0.25, 0.3) is 11.8 Å². The lowest BCUT2D eigenvalue weighted by Gasteiger charge is -2.35. The molecule has 5 rings (SSSR count). The average molecular weight is 482 g/mol. The van der Waals surface area contributed by atoms with Crippen LogP contribution in [0.2, 0.25) is 0 Å². The Kier molecular flexibility index (Phi) is 5.64. The van der Waals surface area contributed by atoms with Gasteiger partial charge in [-0.1, -0.05) is 11.3 Å². The van der Waals surface area contributed by atoms with Crippen LogP contribution in [0.4, 0.5) is 5.13 Å². The van der Waals surface area contributed by atoms with E-state index in [2.05, 4.69) is 21.0 Å². The van der Waals surface area contributed by atoms with Crippen LogP contribution in [-0.4, -0.2) is 71.7 Å². The van der Waals surface area contributed by atoms with Gasteiger partial charge in [-0.05, 0) is 44.0 Å². The molecule has 180 valence electrons. The molecule has 1 atom stereocenters. The number of anilines is 1. The first kappa shape index (κ1) is 22.9. The van der Waals surface area contributed by atoms with Crippen LogP contribution in [0.1, 0.15) is 45.1 Å². The normalized spacial score (nSPS) is 19.7. The van der Waals surface area contributed by atoms with Gasteiger partial charge in [-0.2, -0.15) is 0 Å². The molecule has 0 aliphatic carbocycles. The van der Waals surface area contributed by atoms with Crippen molar-refractivity contribution in [3.8, 4) is 0 Å². The maximum Gasteiger partial charge on any atom is 0.263 e. The molecular formula is C25H31N5O3S. The van der Waals surface area contributed by atoms with Crippen molar-refractivity contribution in [2.75, 3.05) is 38.8 Å². The molecule has 2 amide bonds. The molecule has 2 aliphatic rings. The Balaban J connectivity index is 1.47. The SMILES string of the molecule is CN(C)C(=O)c1ccc2c(c1)c(C[C@H]1COCCN1c1nc3c(s1)C(=O)NC(C)(C)C3)cn2C. The van der Waals surface area contributed by atoms with E-state index in [4.69, 9.17) is 9.72 Å². The van der Waals surface area contributed by atoms with E-state index in [-0.39, 0.29) is 23.4 Å². The number of carbonyl (C=O) groups is 2. The fourth-order valence-corrected chi connectivity index (χ4v) is 6.02. The van der Waals surface area contributed by atoms with E-state index in [1.54, 1.807) is 19.0 Å². The monoisotopic (exact) mass is 481 g/mol. The lowest BCUT2D eigenvalue weighted by molar-refractivity contribution is 0.0827. The van der Waals surface area contributed by atoms with Crippen LogP contribution in [0.5, 0.6) is 0 Å². The molecule has 0 unspecified atom stereocenters. The van der Waals surface area contributed by atoms with Crippen molar-refractivity contribution in [1.29, 1.82) is 0 Å². The standard InChI is InChI=1S/C25H31N5O3S/c1-25(2)12-19-21(22(31)27-25)34-24(26-19)30-8-9-33-14-17(30)10-16-13-29(5)20-7-6-15(11-18(16)20)23(32)28(3)4/h6-7,11,13,17H,8-10,12,14H2,1-5H3,(H,27,31)/t17-/m0/s1. The quantitative estimate of drug-likeness (QED) is 0.620. The molecule has 0 spiro atoms. The number of carbonyl (C=O) groups excluding carboxylic acids is 2. The third-order valence-corrected chi connectivity index (χ3v) is 7.74. The van der Waals surface area contributed by atoms with Crippen LogP contribution in [0.15, 0.2) is 24.4 Å². The summed E-state index contributed by atoms with van der Waals surface area (Å²) >= 11 is 1.48. The summed E-state index contributed by atoms with van der Waals surface area (Å²) in [6, 6.07) is 5.99. The Morgan fingerprint density at radius 3 is 2.91 bits per heavy atom. The summed E-state index contributed by atoms with van der Waals surface area (Å²) < 4.78 is 7.97. The maximum atomic E-state index is 12.6. The molecule has 1 aromatic carbocycles. The van der Waals surface area contributed by atoms with Crippen molar-refractivity contribution in [3.63, 3.8) is 0 Å². The van der Waals surface area contributed by atoms with Crippen molar-refractivity contribution < 1.29 is 14.3 Å². The zero-order valence-corrected chi connectivity index (χ0v) is 21.2. The number of nitrogens with one attached hydrogen (secondary N) is 1. The molecule has 0 saturated carbocycles. The first-order chi connectivity index (χ1) is 16.1. The van der Waals surface area contributed by atoms with Gasteiger partial charge in [0.2, 0.25) is 0 Å². The van der Waals surface area contributed by atoms with Crippen molar-refractivity contribution in [3.05, 3.63) is 46.1 Å². The highest BCUT2D eigenvalue weighted by Gasteiger charge is 2.35. The van der Waals surface area contributed by atoms with Gasteiger partial charge in [0.15, 0.2) is 5.13 Å². The minimum Gasteiger partial charge on any atom is -0.377 e. The highest BCUT2D eigenvalue weighted by Crippen LogP contribution is 2.34. The van der Waals surface area contributed by atoms with Gasteiger partial charge >= 0.3 is 0 Å². The number of hydrogen-bond donors (Lipinski definition) is 1. The zero-order chi connectivity index (χ0) is 24.2. The number of amides is 2. The molecule has 0 radical (unpaired) electrons. The highest BCUT2D eigenvalue weighted by molar-refractivity contribution is 7.17. The van der Waals surface area contributed by atoms with Crippen molar-refractivity contribution in [2.24, 2.45) is 7.05 Å². The number of fused-ring (bicyclic) bond motifs is 2. The van der Waals surface area contributed by atoms with Crippen LogP contribution in [-0.2, 0) is 24.6 Å². The number of benzene rings is 1. The van der Waals surface area contributed by atoms with E-state index in [0.29, 0.717) is 18.8 Å². The molecule has 3 aromatic rings. The van der Waals surface area contributed by atoms with Gasteiger partial charge in [0, 0.05) is 62.3 Å². The molecule has 1 saturated heterocycles. The lowest BCUT2D eigenvalue weighted by atomic mass is 9.94. The summed E-state index contributed by atoms with van der Waals surface area (Å²) in [5, 5.41) is 5.05. The first-order valence-electron chi connectivity index (χ1n) is 11.6. The second kappa shape index (κ2) is 8.39. The Hall–Kier alpha value is -2.91. The van der Waals surface area contributed by atoms with Crippen LogP contribution < -0.4 is 10.2 Å². The Bertz CT molecular complexity index is 1280. The van der Waals surface area contributed by atoms with E-state index in [0.717, 1.165) is 46.0 Å². The summed E-state index contributed by atoms with van der Waals surface area (Å²) in [6.07, 6.45) is 3.63. The van der Waals surface area contributed by atoms with Crippen LogP contribution in [0, 0.1) is 0 Å². The summed E-state index contributed by atoms with van der Waals surface area (Å²) in [4.78, 5) is 34.7. The van der Waals surface area contributed by atoms with Gasteiger partial charge < -0.3 is 24.4 Å². The molecule has 2 aromatic heterocycles. The third kappa shape index (κ3) is 4.07. The van der Waals surface area contributed by atoms with Gasteiger partial charge in [-0.3, -0.25) is 9.59 Å². The number of rotatable bonds is 4. The third-order valence-electron chi connectivity index (χ3n) is 6.61. The second-order valence-corrected chi connectivity index (χ2v) is 11.1. The fourth-order valence-electron chi connectivity index (χ4n) is 4.94. The molecule has 1 fully saturated rings. The Morgan fingerprint density at radius 1 is 1.35 bits per heavy atom. The smallest absolute Gasteiger partial charge is 0.263 e. The van der Waals surface area contributed by atoms with Crippen LogP contribution in [0.25, 0.3) is 10.9 Å². The second-order valence-electron chi connectivity index (χ2n) is 10.1. The van der Waals surface area contributed by atoms with Crippen LogP contribution >= 0.6 is 11.3 Å². The van der Waals surface area contributed by atoms with Crippen molar-refractivity contribution in [2.45, 2.75) is 38.3 Å². The number of aryl methyl sites for hydroxylation is 1. The van der Waals surface area contributed by atoms with E-state index in [1.165, 1.54) is 16.9 Å². The molecule has 9 heteroatoms. The Morgan fingerprint density at radius 2 is 2.15 bits per heavy atom. The highest BCUT2D eigenvalue weighted by atomic mass is 32.1. The summed E-state index contributed by atoms with van der Waals surface area (Å²) in [5.74, 6) is -0.0409. The maximum absolute atomic E-state index is 12.6. The number of nitrogens with zero attached hydrogens (tertiary/aromatic N) is 4. The topological polar surface area (TPSA) is 79.7 Å². The number of ether oxygens (including phenoxy) is 1. The molecule has 34 heavy (non-hydrogen) atoms. The summed E-state index contributed by atoms with van der Waals surface area (Å²) in [6.45, 7) is 6.02. The Labute approximate surface area is 203 Å². The minimum absolute atomic E-state index is 0.00565. The predicted octanol–water partition coefficient (Wildman–Crippen LogP) is 2.85. The van der Waals surface area contributed by atoms with E-state index in [1.807, 2.05) is 39.1 Å². The van der Waals surface area contributed by atoms with Gasteiger partial charge in [-0.25, -0.2) is 4.98 Å². The fraction of sp³-hybridized carbons (Fsp3) is 0.480. The molecule has 4 heterocycles. The largest absolute Gasteiger partial charge is 0.377 e. The number of aromatic nitrogens is 2. The van der Waals surface area contributed by atoms with E-state index < -0.39 is 0 Å². The summed E-state index contributed by atoms with van der Waals surface area (Å²) in [5.41, 5.74) is 3.55. The van der Waals surface area contributed by atoms with Gasteiger partial charge in [0.1, 0.15) is 4.88 Å². The number of hydrogen-bond acceptors (Lipinski definition) is 6. The van der Waals surface area contributed by atoms with Gasteiger partial charge in [-0.15, -0.1) is 0 Å². The zero-order valence-electron chi connectivity index (χ0n) is 20.3. The molecule has 2 aliphatic heterocycles. The number of morpholine rings is 1. The van der Waals surface area contributed by atoms with Crippen molar-refractivity contribution in [1.82, 2.24) is 19.8 Å².